The van der Waals surface area contributed by atoms with E-state index in [4.69, 9.17) is 5.73 Å². The molecule has 0 amide bonds. The molecule has 0 aliphatic heterocycles. The molecule has 0 bridgehead atoms. The Morgan fingerprint density at radius 2 is 1.64 bits per heavy atom. The van der Waals surface area contributed by atoms with E-state index in [0.717, 1.165) is 30.4 Å². The molecule has 0 heterocycles. The normalized spacial score (nSPS) is 11.5. The first-order valence-electron chi connectivity index (χ1n) is 3.65. The Labute approximate surface area is 82.8 Å². The van der Waals surface area contributed by atoms with Crippen LogP contribution in [0.4, 0.5) is 5.69 Å². The molecule has 2 heteroatoms. The third-order valence-corrected chi connectivity index (χ3v) is 2.95. The zero-order chi connectivity index (χ0) is 8.48. The second-order valence-electron chi connectivity index (χ2n) is 3.34. The summed E-state index contributed by atoms with van der Waals surface area (Å²) < 4.78 is 0.397. The Balaban J connectivity index is 2.99. The Morgan fingerprint density at radius 1 is 1.18 bits per heavy atom. The standard InChI is InChI=1S/C9H12N.Bi.2H/c1-7(2)8-3-5-9(10)6-4-8;;;/h3-6H,10H2,1-2H3;;;. The van der Waals surface area contributed by atoms with E-state index in [9.17, 15) is 0 Å². The molecule has 0 atom stereocenters. The fraction of sp³-hybridized carbons (Fsp3) is 0.333. The zero-order valence-corrected chi connectivity index (χ0v) is 11.5. The molecule has 0 radical (unpaired) electrons. The summed E-state index contributed by atoms with van der Waals surface area (Å²) in [5.74, 6) is 0. The first-order chi connectivity index (χ1) is 5.00. The van der Waals surface area contributed by atoms with Crippen molar-refractivity contribution >= 4 is 30.4 Å². The first-order valence-corrected chi connectivity index (χ1v) is 5.89. The van der Waals surface area contributed by atoms with Crippen molar-refractivity contribution in [1.29, 1.82) is 0 Å². The molecular weight excluding hydrogens is 331 g/mol. The number of hydrogen-bond donors (Lipinski definition) is 1. The third kappa shape index (κ3) is 2.45. The zero-order valence-electron chi connectivity index (χ0n) is 6.96. The molecule has 0 unspecified atom stereocenters. The molecule has 2 N–H and O–H groups in total. The Bertz CT molecular complexity index is 233. The monoisotopic (exact) mass is 345 g/mol. The fourth-order valence-electron chi connectivity index (χ4n) is 0.913. The van der Waals surface area contributed by atoms with E-state index in [1.807, 2.05) is 12.1 Å². The van der Waals surface area contributed by atoms with E-state index >= 15 is 0 Å². The van der Waals surface area contributed by atoms with Crippen LogP contribution in [0, 0.1) is 0 Å². The fourth-order valence-corrected chi connectivity index (χ4v) is 1.66. The molecule has 0 aromatic heterocycles. The Hall–Kier alpha value is -0.0969. The van der Waals surface area contributed by atoms with Crippen LogP contribution in [0.5, 0.6) is 0 Å². The molecule has 0 aliphatic carbocycles. The molecule has 0 fully saturated rings. The summed E-state index contributed by atoms with van der Waals surface area (Å²) in [6.45, 7) is 4.53. The van der Waals surface area contributed by atoms with E-state index in [1.165, 1.54) is 5.56 Å². The predicted molar refractivity (Wildman–Crippen MR) is 52.4 cm³/mol. The summed E-state index contributed by atoms with van der Waals surface area (Å²) in [7, 11) is 0. The van der Waals surface area contributed by atoms with Crippen LogP contribution in [0.1, 0.15) is 19.4 Å². The SMILES string of the molecule is C[C](C)([BiH2])c1ccc(N)cc1. The number of hydrogen-bond acceptors (Lipinski definition) is 1. The van der Waals surface area contributed by atoms with Crippen LogP contribution in [-0.2, 0) is 3.12 Å². The van der Waals surface area contributed by atoms with Gasteiger partial charge in [-0.05, 0) is 0 Å². The van der Waals surface area contributed by atoms with Gasteiger partial charge in [0.05, 0.1) is 0 Å². The summed E-state index contributed by atoms with van der Waals surface area (Å²) in [6, 6.07) is 8.18. The van der Waals surface area contributed by atoms with Gasteiger partial charge in [0.15, 0.2) is 0 Å². The van der Waals surface area contributed by atoms with E-state index in [0.29, 0.717) is 3.12 Å². The molecule has 11 heavy (non-hydrogen) atoms. The molecule has 60 valence electrons. The summed E-state index contributed by atoms with van der Waals surface area (Å²) >= 11 is 0.969. The van der Waals surface area contributed by atoms with Crippen molar-refractivity contribution in [2.75, 3.05) is 5.73 Å². The average molecular weight is 345 g/mol. The number of nitrogen functional groups attached to an aromatic ring is 1. The van der Waals surface area contributed by atoms with Gasteiger partial charge in [0.2, 0.25) is 0 Å². The predicted octanol–water partition coefficient (Wildman–Crippen LogP) is 1.14. The van der Waals surface area contributed by atoms with Crippen LogP contribution < -0.4 is 5.73 Å². The van der Waals surface area contributed by atoms with Crippen LogP contribution in [-0.4, -0.2) is 24.7 Å². The van der Waals surface area contributed by atoms with Gasteiger partial charge in [-0.25, -0.2) is 0 Å². The molecule has 0 spiro atoms. The summed E-state index contributed by atoms with van der Waals surface area (Å²) in [4.78, 5) is 0. The van der Waals surface area contributed by atoms with Gasteiger partial charge in [0, 0.05) is 0 Å². The Morgan fingerprint density at radius 3 is 2.00 bits per heavy atom. The van der Waals surface area contributed by atoms with Crippen LogP contribution >= 0.6 is 0 Å². The van der Waals surface area contributed by atoms with Gasteiger partial charge in [0.1, 0.15) is 0 Å². The van der Waals surface area contributed by atoms with Gasteiger partial charge in [-0.1, -0.05) is 0 Å². The number of nitrogens with two attached hydrogens (primary N) is 1. The maximum atomic E-state index is 5.58. The number of anilines is 1. The molecular formula is C9H14BiN. The first kappa shape index (κ1) is 8.99. The minimum absolute atomic E-state index is 0.397. The van der Waals surface area contributed by atoms with Gasteiger partial charge in [-0.3, -0.25) is 0 Å². The molecule has 1 aromatic rings. The topological polar surface area (TPSA) is 26.0 Å². The molecule has 0 aliphatic rings. The summed E-state index contributed by atoms with van der Waals surface area (Å²) in [5, 5.41) is 0. The van der Waals surface area contributed by atoms with Crippen LogP contribution in [0.2, 0.25) is 0 Å². The molecule has 1 nitrogen and oxygen atoms in total. The quantitative estimate of drug-likeness (QED) is 0.600. The van der Waals surface area contributed by atoms with E-state index in [1.54, 1.807) is 0 Å². The van der Waals surface area contributed by atoms with Crippen molar-refractivity contribution in [2.24, 2.45) is 0 Å². The van der Waals surface area contributed by atoms with Gasteiger partial charge in [0.25, 0.3) is 0 Å². The second kappa shape index (κ2) is 3.10. The molecule has 0 saturated carbocycles. The van der Waals surface area contributed by atoms with Crippen molar-refractivity contribution in [1.82, 2.24) is 0 Å². The second-order valence-corrected chi connectivity index (χ2v) is 8.95. The van der Waals surface area contributed by atoms with E-state index in [2.05, 4.69) is 26.0 Å². The average Bonchev–Trinajstić information content (AvgIpc) is 1.86. The molecule has 0 saturated heterocycles. The van der Waals surface area contributed by atoms with E-state index < -0.39 is 0 Å². The van der Waals surface area contributed by atoms with Gasteiger partial charge in [-0.2, -0.15) is 0 Å². The van der Waals surface area contributed by atoms with Crippen molar-refractivity contribution < 1.29 is 0 Å². The third-order valence-electron chi connectivity index (χ3n) is 1.65. The summed E-state index contributed by atoms with van der Waals surface area (Å²) in [6.07, 6.45) is 0. The number of rotatable bonds is 1. The maximum absolute atomic E-state index is 5.58. The van der Waals surface area contributed by atoms with Crippen LogP contribution in [0.15, 0.2) is 24.3 Å². The Kier molecular flexibility index (Phi) is 2.54. The van der Waals surface area contributed by atoms with Crippen molar-refractivity contribution in [3.8, 4) is 0 Å². The van der Waals surface area contributed by atoms with E-state index in [-0.39, 0.29) is 0 Å². The molecule has 1 aromatic carbocycles. The van der Waals surface area contributed by atoms with Crippen molar-refractivity contribution in [2.45, 2.75) is 17.0 Å². The van der Waals surface area contributed by atoms with Crippen molar-refractivity contribution in [3.05, 3.63) is 29.8 Å². The van der Waals surface area contributed by atoms with Gasteiger partial charge in [-0.15, -0.1) is 0 Å². The van der Waals surface area contributed by atoms with Crippen LogP contribution in [0.3, 0.4) is 0 Å². The van der Waals surface area contributed by atoms with Gasteiger partial charge >= 0.3 is 82.9 Å². The number of benzene rings is 1. The van der Waals surface area contributed by atoms with Crippen molar-refractivity contribution in [3.63, 3.8) is 0 Å². The summed E-state index contributed by atoms with van der Waals surface area (Å²) in [5.41, 5.74) is 7.83. The van der Waals surface area contributed by atoms with Gasteiger partial charge < -0.3 is 0 Å². The molecule has 1 rings (SSSR count). The van der Waals surface area contributed by atoms with Crippen LogP contribution in [0.25, 0.3) is 0 Å². The minimum atomic E-state index is 0.397.